The summed E-state index contributed by atoms with van der Waals surface area (Å²) in [4.78, 5) is 27.7. The van der Waals surface area contributed by atoms with Gasteiger partial charge in [-0.1, -0.05) is 0 Å². The summed E-state index contributed by atoms with van der Waals surface area (Å²) in [6.45, 7) is 4.44. The van der Waals surface area contributed by atoms with Gasteiger partial charge in [-0.15, -0.1) is 0 Å². The lowest BCUT2D eigenvalue weighted by Crippen LogP contribution is -2.22. The van der Waals surface area contributed by atoms with E-state index in [1.165, 1.54) is 6.92 Å². The number of hydrogen-bond donors (Lipinski definition) is 0. The summed E-state index contributed by atoms with van der Waals surface area (Å²) in [5.74, 6) is -0.592. The maximum absolute atomic E-state index is 11.6. The van der Waals surface area contributed by atoms with Crippen LogP contribution in [0.15, 0.2) is 0 Å². The molecule has 0 aromatic heterocycles. The van der Waals surface area contributed by atoms with Crippen molar-refractivity contribution in [3.63, 3.8) is 0 Å². The van der Waals surface area contributed by atoms with Gasteiger partial charge in [0.25, 0.3) is 0 Å². The Morgan fingerprint density at radius 3 is 2.62 bits per heavy atom. The van der Waals surface area contributed by atoms with Crippen molar-refractivity contribution in [1.82, 2.24) is 5.06 Å². The van der Waals surface area contributed by atoms with Crippen molar-refractivity contribution in [1.29, 1.82) is 0 Å². The highest BCUT2D eigenvalue weighted by Crippen LogP contribution is 2.26. The van der Waals surface area contributed by atoms with E-state index in [4.69, 9.17) is 9.57 Å². The van der Waals surface area contributed by atoms with Gasteiger partial charge in [-0.3, -0.25) is 4.79 Å². The summed E-state index contributed by atoms with van der Waals surface area (Å²) in [7, 11) is 1.60. The highest BCUT2D eigenvalue weighted by atomic mass is 16.7. The average Bonchev–Trinajstić information content (AvgIpc) is 2.95. The Kier molecular flexibility index (Phi) is 4.89. The van der Waals surface area contributed by atoms with Crippen molar-refractivity contribution >= 4 is 11.8 Å². The molecule has 0 spiro atoms. The minimum absolute atomic E-state index is 0.0164. The monoisotopic (exact) mass is 229 g/mol. The highest BCUT2D eigenvalue weighted by Gasteiger charge is 2.38. The normalized spacial score (nSPS) is 24.9. The van der Waals surface area contributed by atoms with Crippen LogP contribution in [0.4, 0.5) is 0 Å². The molecule has 5 nitrogen and oxygen atoms in total. The van der Waals surface area contributed by atoms with Crippen LogP contribution in [0.5, 0.6) is 0 Å². The molecule has 1 aliphatic heterocycles. The van der Waals surface area contributed by atoms with Crippen molar-refractivity contribution in [2.45, 2.75) is 32.7 Å². The number of Topliss-reactive ketones (excluding diaryl/α,β-unsaturated/α-hetero) is 1. The number of hydroxylamine groups is 2. The fourth-order valence-electron chi connectivity index (χ4n) is 1.77. The van der Waals surface area contributed by atoms with E-state index in [0.717, 1.165) is 6.54 Å². The van der Waals surface area contributed by atoms with Crippen LogP contribution in [0, 0.1) is 5.92 Å². The van der Waals surface area contributed by atoms with Gasteiger partial charge in [-0.2, -0.15) is 5.06 Å². The number of rotatable bonds is 7. The predicted molar refractivity (Wildman–Crippen MR) is 57.5 cm³/mol. The van der Waals surface area contributed by atoms with Crippen LogP contribution >= 0.6 is 0 Å². The molecule has 3 atom stereocenters. The molecule has 0 saturated carbocycles. The van der Waals surface area contributed by atoms with E-state index in [-0.39, 0.29) is 30.1 Å². The molecule has 5 heteroatoms. The third-order valence-electron chi connectivity index (χ3n) is 2.61. The fraction of sp³-hybridized carbons (Fsp3) is 0.818. The molecule has 3 unspecified atom stereocenters. The number of nitrogens with zero attached hydrogens (tertiary/aromatic N) is 1. The van der Waals surface area contributed by atoms with Crippen LogP contribution in [0.1, 0.15) is 26.7 Å². The van der Waals surface area contributed by atoms with E-state index in [1.54, 1.807) is 19.1 Å². The summed E-state index contributed by atoms with van der Waals surface area (Å²) in [6, 6.07) is 0.249. The Bertz CT molecular complexity index is 267. The first-order valence-corrected chi connectivity index (χ1v) is 5.55. The van der Waals surface area contributed by atoms with Crippen molar-refractivity contribution < 1.29 is 19.2 Å². The second-order valence-corrected chi connectivity index (χ2v) is 4.03. The van der Waals surface area contributed by atoms with Crippen LogP contribution in [-0.4, -0.2) is 43.1 Å². The smallest absolute Gasteiger partial charge is 0.309 e. The van der Waals surface area contributed by atoms with E-state index in [2.05, 4.69) is 0 Å². The first kappa shape index (κ1) is 13.1. The summed E-state index contributed by atoms with van der Waals surface area (Å²) < 4.78 is 4.95. The van der Waals surface area contributed by atoms with Gasteiger partial charge >= 0.3 is 5.97 Å². The number of carbonyl (C=O) groups excluding carboxylic acids is 2. The van der Waals surface area contributed by atoms with Gasteiger partial charge in [0.2, 0.25) is 0 Å². The number of esters is 1. The molecule has 0 N–H and O–H groups in total. The zero-order valence-corrected chi connectivity index (χ0v) is 10.1. The van der Waals surface area contributed by atoms with Crippen LogP contribution in [-0.2, 0) is 19.2 Å². The number of ketones is 1. The Balaban J connectivity index is 2.44. The topological polar surface area (TPSA) is 55.6 Å². The molecule has 16 heavy (non-hydrogen) atoms. The van der Waals surface area contributed by atoms with Gasteiger partial charge in [-0.25, -0.2) is 0 Å². The standard InChI is InChI=1S/C11H19NO4/c1-4-16-11(14)9(5-8(2)13)6-10-7-12(10)15-3/h9-10H,4-7H2,1-3H3. The van der Waals surface area contributed by atoms with Crippen molar-refractivity contribution in [2.24, 2.45) is 5.92 Å². The third kappa shape index (κ3) is 3.90. The quantitative estimate of drug-likeness (QED) is 0.477. The van der Waals surface area contributed by atoms with Gasteiger partial charge < -0.3 is 14.4 Å². The van der Waals surface area contributed by atoms with E-state index < -0.39 is 0 Å². The summed E-state index contributed by atoms with van der Waals surface area (Å²) >= 11 is 0. The van der Waals surface area contributed by atoms with Crippen molar-refractivity contribution in [2.75, 3.05) is 20.3 Å². The SMILES string of the molecule is CCOC(=O)C(CC(C)=O)CC1CN1OC. The van der Waals surface area contributed by atoms with Gasteiger partial charge in [0.1, 0.15) is 5.78 Å². The van der Waals surface area contributed by atoms with Crippen LogP contribution in [0.2, 0.25) is 0 Å². The second-order valence-electron chi connectivity index (χ2n) is 4.03. The molecular weight excluding hydrogens is 210 g/mol. The minimum Gasteiger partial charge on any atom is -0.466 e. The van der Waals surface area contributed by atoms with Crippen molar-refractivity contribution in [3.05, 3.63) is 0 Å². The van der Waals surface area contributed by atoms with Gasteiger partial charge in [0, 0.05) is 13.0 Å². The van der Waals surface area contributed by atoms with Crippen LogP contribution < -0.4 is 0 Å². The summed E-state index contributed by atoms with van der Waals surface area (Å²) in [5, 5.41) is 1.78. The number of carbonyl (C=O) groups is 2. The zero-order valence-electron chi connectivity index (χ0n) is 10.1. The molecule has 1 saturated heterocycles. The molecule has 1 heterocycles. The number of ether oxygens (including phenoxy) is 1. The molecule has 1 rings (SSSR count). The molecule has 1 fully saturated rings. The molecule has 0 radical (unpaired) electrons. The molecule has 0 aromatic carbocycles. The second kappa shape index (κ2) is 5.96. The van der Waals surface area contributed by atoms with Crippen LogP contribution in [0.25, 0.3) is 0 Å². The fourth-order valence-corrected chi connectivity index (χ4v) is 1.77. The Hall–Kier alpha value is -0.940. The molecule has 0 amide bonds. The van der Waals surface area contributed by atoms with E-state index in [1.807, 2.05) is 0 Å². The van der Waals surface area contributed by atoms with E-state index in [0.29, 0.717) is 13.0 Å². The first-order valence-electron chi connectivity index (χ1n) is 5.55. The molecule has 1 aliphatic rings. The summed E-state index contributed by atoms with van der Waals surface area (Å²) in [5.41, 5.74) is 0. The van der Waals surface area contributed by atoms with Gasteiger partial charge in [0.05, 0.1) is 25.7 Å². The van der Waals surface area contributed by atoms with E-state index >= 15 is 0 Å². The third-order valence-corrected chi connectivity index (χ3v) is 2.61. The molecule has 92 valence electrons. The van der Waals surface area contributed by atoms with Gasteiger partial charge in [0.15, 0.2) is 0 Å². The number of hydrogen-bond acceptors (Lipinski definition) is 5. The van der Waals surface area contributed by atoms with Crippen molar-refractivity contribution in [3.8, 4) is 0 Å². The van der Waals surface area contributed by atoms with Gasteiger partial charge in [-0.05, 0) is 20.3 Å². The average molecular weight is 229 g/mol. The predicted octanol–water partition coefficient (Wildman–Crippen LogP) is 0.780. The molecular formula is C11H19NO4. The Labute approximate surface area is 95.6 Å². The zero-order chi connectivity index (χ0) is 12.1. The molecule has 0 bridgehead atoms. The lowest BCUT2D eigenvalue weighted by Gasteiger charge is -2.13. The maximum Gasteiger partial charge on any atom is 0.309 e. The molecule has 0 aromatic rings. The maximum atomic E-state index is 11.6. The first-order chi connectivity index (χ1) is 7.58. The Morgan fingerprint density at radius 2 is 2.19 bits per heavy atom. The molecule has 0 aliphatic carbocycles. The lowest BCUT2D eigenvalue weighted by molar-refractivity contribution is -0.150. The van der Waals surface area contributed by atoms with E-state index in [9.17, 15) is 9.59 Å². The Morgan fingerprint density at radius 1 is 1.50 bits per heavy atom. The summed E-state index contributed by atoms with van der Waals surface area (Å²) in [6.07, 6.45) is 0.888. The minimum atomic E-state index is -0.331. The lowest BCUT2D eigenvalue weighted by atomic mass is 9.97. The van der Waals surface area contributed by atoms with Crippen LogP contribution in [0.3, 0.4) is 0 Å². The largest absolute Gasteiger partial charge is 0.466 e. The highest BCUT2D eigenvalue weighted by molar-refractivity contribution is 5.82.